The number of amides is 1. The Hall–Kier alpha value is -1.71. The number of ether oxygens (including phenoxy) is 1. The number of hydrogen-bond donors (Lipinski definition) is 1. The Labute approximate surface area is 101 Å². The Morgan fingerprint density at radius 1 is 1.47 bits per heavy atom. The van der Waals surface area contributed by atoms with Crippen LogP contribution in [-0.2, 0) is 4.74 Å². The van der Waals surface area contributed by atoms with Crippen molar-refractivity contribution in [2.24, 2.45) is 0 Å². The summed E-state index contributed by atoms with van der Waals surface area (Å²) in [6.45, 7) is 4.71. The second-order valence-electron chi connectivity index (χ2n) is 4.62. The molecule has 2 N–H and O–H groups in total. The lowest BCUT2D eigenvalue weighted by Gasteiger charge is -2.34. The summed E-state index contributed by atoms with van der Waals surface area (Å²) in [6, 6.07) is 7.70. The van der Waals surface area contributed by atoms with Crippen molar-refractivity contribution < 1.29 is 9.53 Å². The van der Waals surface area contributed by atoms with Gasteiger partial charge in [0.1, 0.15) is 6.10 Å². The zero-order valence-electron chi connectivity index (χ0n) is 10.2. The predicted octanol–water partition coefficient (Wildman–Crippen LogP) is 2.56. The molecule has 0 spiro atoms. The van der Waals surface area contributed by atoms with Crippen LogP contribution in [0.3, 0.4) is 0 Å². The number of nitrogen functional groups attached to an aromatic ring is 1. The van der Waals surface area contributed by atoms with Gasteiger partial charge in [-0.1, -0.05) is 12.1 Å². The van der Waals surface area contributed by atoms with Crippen molar-refractivity contribution in [3.8, 4) is 0 Å². The number of carbonyl (C=O) groups is 1. The summed E-state index contributed by atoms with van der Waals surface area (Å²) >= 11 is 0. The second kappa shape index (κ2) is 4.65. The summed E-state index contributed by atoms with van der Waals surface area (Å²) in [5.74, 6) is 0. The minimum absolute atomic E-state index is 0.166. The predicted molar refractivity (Wildman–Crippen MR) is 66.5 cm³/mol. The Balaban J connectivity index is 2.09. The first-order chi connectivity index (χ1) is 8.08. The van der Waals surface area contributed by atoms with Crippen molar-refractivity contribution in [3.05, 3.63) is 29.8 Å². The zero-order valence-corrected chi connectivity index (χ0v) is 10.2. The van der Waals surface area contributed by atoms with E-state index in [1.165, 1.54) is 0 Å². The Kier molecular flexibility index (Phi) is 3.22. The minimum Gasteiger partial charge on any atom is -0.441 e. The first-order valence-electron chi connectivity index (χ1n) is 5.90. The number of benzene rings is 1. The van der Waals surface area contributed by atoms with E-state index < -0.39 is 0 Å². The number of carbonyl (C=O) groups excluding carboxylic acids is 1. The smallest absolute Gasteiger partial charge is 0.410 e. The van der Waals surface area contributed by atoms with Gasteiger partial charge in [0.05, 0.1) is 0 Å². The summed E-state index contributed by atoms with van der Waals surface area (Å²) in [5.41, 5.74) is 7.40. The van der Waals surface area contributed by atoms with Crippen LogP contribution < -0.4 is 5.73 Å². The molecule has 0 aromatic heterocycles. The van der Waals surface area contributed by atoms with Crippen molar-refractivity contribution in [1.82, 2.24) is 4.90 Å². The van der Waals surface area contributed by atoms with E-state index in [-0.39, 0.29) is 18.2 Å². The highest BCUT2D eigenvalue weighted by Crippen LogP contribution is 2.28. The summed E-state index contributed by atoms with van der Waals surface area (Å²) in [6.07, 6.45) is 0.410. The highest BCUT2D eigenvalue weighted by atomic mass is 16.6. The van der Waals surface area contributed by atoms with E-state index in [1.807, 2.05) is 38.1 Å². The fraction of sp³-hybridized carbons (Fsp3) is 0.462. The van der Waals surface area contributed by atoms with E-state index in [0.717, 1.165) is 18.5 Å². The molecule has 1 aromatic rings. The van der Waals surface area contributed by atoms with E-state index in [2.05, 4.69) is 0 Å². The molecule has 4 nitrogen and oxygen atoms in total. The first kappa shape index (κ1) is 11.8. The number of nitrogens with zero attached hydrogens (tertiary/aromatic N) is 1. The van der Waals surface area contributed by atoms with Gasteiger partial charge in [0, 0.05) is 24.7 Å². The van der Waals surface area contributed by atoms with Crippen molar-refractivity contribution in [3.63, 3.8) is 0 Å². The third-order valence-electron chi connectivity index (χ3n) is 3.02. The Bertz CT molecular complexity index is 418. The van der Waals surface area contributed by atoms with Crippen LogP contribution in [0.4, 0.5) is 10.5 Å². The lowest BCUT2D eigenvalue weighted by atomic mass is 10.0. The molecule has 0 saturated carbocycles. The van der Waals surface area contributed by atoms with E-state index in [9.17, 15) is 4.79 Å². The largest absolute Gasteiger partial charge is 0.441 e. The fourth-order valence-electron chi connectivity index (χ4n) is 2.06. The maximum absolute atomic E-state index is 11.8. The van der Waals surface area contributed by atoms with Gasteiger partial charge in [-0.15, -0.1) is 0 Å². The molecule has 0 aliphatic carbocycles. The zero-order chi connectivity index (χ0) is 12.4. The third-order valence-corrected chi connectivity index (χ3v) is 3.02. The molecule has 1 amide bonds. The molecular formula is C13H18N2O2. The highest BCUT2D eigenvalue weighted by molar-refractivity contribution is 5.69. The second-order valence-corrected chi connectivity index (χ2v) is 4.62. The molecule has 4 heteroatoms. The van der Waals surface area contributed by atoms with E-state index in [0.29, 0.717) is 5.69 Å². The van der Waals surface area contributed by atoms with E-state index in [1.54, 1.807) is 4.90 Å². The molecule has 1 heterocycles. The van der Waals surface area contributed by atoms with E-state index >= 15 is 0 Å². The molecule has 17 heavy (non-hydrogen) atoms. The van der Waals surface area contributed by atoms with Gasteiger partial charge >= 0.3 is 6.09 Å². The highest BCUT2D eigenvalue weighted by Gasteiger charge is 2.29. The molecule has 1 aliphatic rings. The van der Waals surface area contributed by atoms with Crippen molar-refractivity contribution in [2.75, 3.05) is 12.3 Å². The number of cyclic esters (lactones) is 1. The molecule has 1 saturated heterocycles. The number of rotatable bonds is 2. The maximum atomic E-state index is 11.8. The van der Waals surface area contributed by atoms with Gasteiger partial charge in [0.2, 0.25) is 0 Å². The summed E-state index contributed by atoms with van der Waals surface area (Å²) < 4.78 is 5.43. The van der Waals surface area contributed by atoms with Crippen LogP contribution in [0.5, 0.6) is 0 Å². The van der Waals surface area contributed by atoms with Gasteiger partial charge in [-0.05, 0) is 31.5 Å². The quantitative estimate of drug-likeness (QED) is 0.800. The van der Waals surface area contributed by atoms with Crippen LogP contribution in [0.2, 0.25) is 0 Å². The molecule has 2 rings (SSSR count). The van der Waals surface area contributed by atoms with Crippen molar-refractivity contribution >= 4 is 11.8 Å². The third kappa shape index (κ3) is 2.52. The van der Waals surface area contributed by atoms with Crippen LogP contribution in [-0.4, -0.2) is 23.6 Å². The maximum Gasteiger partial charge on any atom is 0.410 e. The van der Waals surface area contributed by atoms with Gasteiger partial charge in [0.15, 0.2) is 0 Å². The van der Waals surface area contributed by atoms with Crippen molar-refractivity contribution in [2.45, 2.75) is 32.4 Å². The molecular weight excluding hydrogens is 216 g/mol. The lowest BCUT2D eigenvalue weighted by molar-refractivity contribution is 0.0150. The Morgan fingerprint density at radius 2 is 2.24 bits per heavy atom. The van der Waals surface area contributed by atoms with E-state index in [4.69, 9.17) is 10.5 Å². The van der Waals surface area contributed by atoms with Crippen LogP contribution >= 0.6 is 0 Å². The number of nitrogens with two attached hydrogens (primary N) is 1. The summed E-state index contributed by atoms with van der Waals surface area (Å²) in [4.78, 5) is 13.5. The molecule has 1 aliphatic heterocycles. The molecule has 1 unspecified atom stereocenters. The normalized spacial score (nSPS) is 20.5. The number of anilines is 1. The SMILES string of the molecule is CC(C)N1CCC(c2cccc(N)c2)OC1=O. The van der Waals surface area contributed by atoms with Crippen molar-refractivity contribution in [1.29, 1.82) is 0 Å². The average Bonchev–Trinajstić information content (AvgIpc) is 2.28. The molecule has 0 bridgehead atoms. The summed E-state index contributed by atoms with van der Waals surface area (Å²) in [5, 5.41) is 0. The standard InChI is InChI=1S/C13H18N2O2/c1-9(2)15-7-6-12(17-13(15)16)10-4-3-5-11(14)8-10/h3-5,8-9,12H,6-7,14H2,1-2H3. The van der Waals surface area contributed by atoms with Gasteiger partial charge in [-0.25, -0.2) is 4.79 Å². The molecule has 0 radical (unpaired) electrons. The van der Waals surface area contributed by atoms with Crippen LogP contribution in [0, 0.1) is 0 Å². The van der Waals surface area contributed by atoms with Crippen LogP contribution in [0.25, 0.3) is 0 Å². The average molecular weight is 234 g/mol. The first-order valence-corrected chi connectivity index (χ1v) is 5.90. The lowest BCUT2D eigenvalue weighted by Crippen LogP contribution is -2.43. The minimum atomic E-state index is -0.237. The van der Waals surface area contributed by atoms with Gasteiger partial charge in [0.25, 0.3) is 0 Å². The molecule has 92 valence electrons. The van der Waals surface area contributed by atoms with Gasteiger partial charge in [-0.2, -0.15) is 0 Å². The van der Waals surface area contributed by atoms with Gasteiger partial charge < -0.3 is 15.4 Å². The topological polar surface area (TPSA) is 55.6 Å². The summed E-state index contributed by atoms with van der Waals surface area (Å²) in [7, 11) is 0. The fourth-order valence-corrected chi connectivity index (χ4v) is 2.06. The van der Waals surface area contributed by atoms with Crippen LogP contribution in [0.15, 0.2) is 24.3 Å². The monoisotopic (exact) mass is 234 g/mol. The van der Waals surface area contributed by atoms with Gasteiger partial charge in [-0.3, -0.25) is 0 Å². The molecule has 1 aromatic carbocycles. The molecule has 1 atom stereocenters. The Morgan fingerprint density at radius 3 is 2.82 bits per heavy atom. The van der Waals surface area contributed by atoms with Crippen LogP contribution in [0.1, 0.15) is 31.9 Å². The number of hydrogen-bond acceptors (Lipinski definition) is 3. The molecule has 1 fully saturated rings.